The predicted octanol–water partition coefficient (Wildman–Crippen LogP) is 3.67. The molecule has 0 radical (unpaired) electrons. The molecule has 2 aromatic rings. The van der Waals surface area contributed by atoms with E-state index in [0.29, 0.717) is 11.3 Å². The van der Waals surface area contributed by atoms with Crippen LogP contribution in [0.3, 0.4) is 0 Å². The zero-order valence-electron chi connectivity index (χ0n) is 9.85. The Kier molecular flexibility index (Phi) is 3.66. The number of aryl methyl sites for hydroxylation is 1. The maximum atomic E-state index is 13.0. The largest absolute Gasteiger partial charge is 0.478 e. The molecule has 0 aliphatic heterocycles. The lowest BCUT2D eigenvalue weighted by Crippen LogP contribution is -2.00. The minimum absolute atomic E-state index is 0.0312. The summed E-state index contributed by atoms with van der Waals surface area (Å²) in [5.41, 5.74) is 0.449. The molecule has 0 saturated heterocycles. The Hall–Kier alpha value is -2.14. The number of aromatic nitrogens is 1. The monoisotopic (exact) mass is 281 g/mol. The molecule has 0 aliphatic rings. The number of pyridine rings is 1. The number of carboxylic acids is 1. The predicted molar refractivity (Wildman–Crippen MR) is 67.4 cm³/mol. The molecule has 19 heavy (non-hydrogen) atoms. The lowest BCUT2D eigenvalue weighted by Gasteiger charge is -2.10. The van der Waals surface area contributed by atoms with Crippen molar-refractivity contribution in [1.82, 2.24) is 4.98 Å². The molecule has 0 saturated carbocycles. The second-order valence-corrected chi connectivity index (χ2v) is 4.17. The number of ether oxygens (including phenoxy) is 1. The summed E-state index contributed by atoms with van der Waals surface area (Å²) in [6.07, 6.45) is 1.28. The van der Waals surface area contributed by atoms with Crippen molar-refractivity contribution in [3.63, 3.8) is 0 Å². The summed E-state index contributed by atoms with van der Waals surface area (Å²) in [6, 6.07) is 5.23. The molecule has 0 spiro atoms. The molecular formula is C13H9ClFNO3. The van der Waals surface area contributed by atoms with Gasteiger partial charge in [0, 0.05) is 6.20 Å². The van der Waals surface area contributed by atoms with E-state index in [2.05, 4.69) is 4.98 Å². The summed E-state index contributed by atoms with van der Waals surface area (Å²) in [6.45, 7) is 1.66. The minimum atomic E-state index is -1.17. The van der Waals surface area contributed by atoms with Gasteiger partial charge < -0.3 is 9.84 Å². The molecule has 0 amide bonds. The fourth-order valence-corrected chi connectivity index (χ4v) is 1.72. The second kappa shape index (κ2) is 5.24. The van der Waals surface area contributed by atoms with Crippen molar-refractivity contribution in [1.29, 1.82) is 0 Å². The van der Waals surface area contributed by atoms with Gasteiger partial charge in [-0.15, -0.1) is 0 Å². The molecule has 1 aromatic heterocycles. The molecule has 1 aromatic carbocycles. The highest BCUT2D eigenvalue weighted by atomic mass is 35.5. The number of halogens is 2. The Balaban J connectivity index is 2.38. The standard InChI is InChI=1S/C13H9ClFNO3/c1-7-6-8(15)2-3-10(7)19-12-11(14)9(13(17)18)4-5-16-12/h2-6H,1H3,(H,17,18). The molecule has 98 valence electrons. The van der Waals surface area contributed by atoms with Gasteiger partial charge in [-0.2, -0.15) is 0 Å². The van der Waals surface area contributed by atoms with Crippen molar-refractivity contribution in [2.24, 2.45) is 0 Å². The van der Waals surface area contributed by atoms with E-state index in [1.807, 2.05) is 0 Å². The maximum absolute atomic E-state index is 13.0. The summed E-state index contributed by atoms with van der Waals surface area (Å²) in [7, 11) is 0. The maximum Gasteiger partial charge on any atom is 0.337 e. The van der Waals surface area contributed by atoms with Gasteiger partial charge in [-0.05, 0) is 36.8 Å². The summed E-state index contributed by atoms with van der Waals surface area (Å²) in [5, 5.41) is 8.83. The first kappa shape index (κ1) is 13.3. The zero-order valence-corrected chi connectivity index (χ0v) is 10.6. The SMILES string of the molecule is Cc1cc(F)ccc1Oc1nccc(C(=O)O)c1Cl. The molecule has 0 fully saturated rings. The van der Waals surface area contributed by atoms with Crippen LogP contribution >= 0.6 is 11.6 Å². The van der Waals surface area contributed by atoms with E-state index in [0.717, 1.165) is 0 Å². The van der Waals surface area contributed by atoms with Gasteiger partial charge in [0.2, 0.25) is 5.88 Å². The molecule has 0 atom stereocenters. The van der Waals surface area contributed by atoms with Gasteiger partial charge in [-0.3, -0.25) is 0 Å². The molecule has 2 rings (SSSR count). The van der Waals surface area contributed by atoms with Crippen LogP contribution in [0.15, 0.2) is 30.5 Å². The second-order valence-electron chi connectivity index (χ2n) is 3.79. The first-order valence-electron chi connectivity index (χ1n) is 5.31. The van der Waals surface area contributed by atoms with E-state index in [9.17, 15) is 9.18 Å². The van der Waals surface area contributed by atoms with Gasteiger partial charge >= 0.3 is 5.97 Å². The van der Waals surface area contributed by atoms with Crippen LogP contribution in [0.1, 0.15) is 15.9 Å². The van der Waals surface area contributed by atoms with Crippen LogP contribution in [-0.2, 0) is 0 Å². The van der Waals surface area contributed by atoms with E-state index in [1.165, 1.54) is 30.5 Å². The molecule has 1 N–H and O–H groups in total. The van der Waals surface area contributed by atoms with Crippen molar-refractivity contribution in [3.8, 4) is 11.6 Å². The van der Waals surface area contributed by atoms with Crippen molar-refractivity contribution in [2.45, 2.75) is 6.92 Å². The quantitative estimate of drug-likeness (QED) is 0.932. The molecule has 0 bridgehead atoms. The van der Waals surface area contributed by atoms with Crippen LogP contribution in [0, 0.1) is 12.7 Å². The number of rotatable bonds is 3. The normalized spacial score (nSPS) is 10.3. The molecule has 1 heterocycles. The Bertz CT molecular complexity index is 646. The van der Waals surface area contributed by atoms with Crippen LogP contribution in [-0.4, -0.2) is 16.1 Å². The highest BCUT2D eigenvalue weighted by molar-refractivity contribution is 6.34. The van der Waals surface area contributed by atoms with Crippen LogP contribution in [0.4, 0.5) is 4.39 Å². The van der Waals surface area contributed by atoms with Crippen molar-refractivity contribution in [2.75, 3.05) is 0 Å². The van der Waals surface area contributed by atoms with Gasteiger partial charge in [0.05, 0.1) is 5.56 Å². The van der Waals surface area contributed by atoms with E-state index in [4.69, 9.17) is 21.4 Å². The van der Waals surface area contributed by atoms with Crippen LogP contribution in [0.2, 0.25) is 5.02 Å². The number of carboxylic acid groups (broad SMARTS) is 1. The molecule has 0 unspecified atom stereocenters. The van der Waals surface area contributed by atoms with Gasteiger partial charge in [0.25, 0.3) is 0 Å². The summed E-state index contributed by atoms with van der Waals surface area (Å²) in [4.78, 5) is 14.8. The number of hydrogen-bond donors (Lipinski definition) is 1. The Morgan fingerprint density at radius 1 is 1.42 bits per heavy atom. The van der Waals surface area contributed by atoms with Gasteiger partial charge in [0.1, 0.15) is 16.6 Å². The Morgan fingerprint density at radius 3 is 2.79 bits per heavy atom. The van der Waals surface area contributed by atoms with Gasteiger partial charge in [0.15, 0.2) is 0 Å². The fraction of sp³-hybridized carbons (Fsp3) is 0.0769. The molecular weight excluding hydrogens is 273 g/mol. The third-order valence-electron chi connectivity index (χ3n) is 2.43. The highest BCUT2D eigenvalue weighted by Gasteiger charge is 2.15. The summed E-state index contributed by atoms with van der Waals surface area (Å²) in [5.74, 6) is -1.23. The number of nitrogens with zero attached hydrogens (tertiary/aromatic N) is 1. The first-order chi connectivity index (χ1) is 8.99. The number of aromatic carboxylic acids is 1. The van der Waals surface area contributed by atoms with E-state index >= 15 is 0 Å². The lowest BCUT2D eigenvalue weighted by atomic mass is 10.2. The van der Waals surface area contributed by atoms with Crippen LogP contribution in [0.25, 0.3) is 0 Å². The number of carbonyl (C=O) groups is 1. The molecule has 4 nitrogen and oxygen atoms in total. The third kappa shape index (κ3) is 2.82. The number of hydrogen-bond acceptors (Lipinski definition) is 3. The fourth-order valence-electron chi connectivity index (χ4n) is 1.49. The zero-order chi connectivity index (χ0) is 14.0. The molecule has 6 heteroatoms. The van der Waals surface area contributed by atoms with Gasteiger partial charge in [-0.1, -0.05) is 11.6 Å². The average Bonchev–Trinajstić information content (AvgIpc) is 2.34. The number of benzene rings is 1. The molecule has 0 aliphatic carbocycles. The minimum Gasteiger partial charge on any atom is -0.478 e. The van der Waals surface area contributed by atoms with Crippen molar-refractivity contribution < 1.29 is 19.0 Å². The van der Waals surface area contributed by atoms with E-state index < -0.39 is 5.97 Å². The lowest BCUT2D eigenvalue weighted by molar-refractivity contribution is 0.0696. The summed E-state index contributed by atoms with van der Waals surface area (Å²) >= 11 is 5.89. The Labute approximate surface area is 113 Å². The smallest absolute Gasteiger partial charge is 0.337 e. The Morgan fingerprint density at radius 2 is 2.16 bits per heavy atom. The van der Waals surface area contributed by atoms with Crippen molar-refractivity contribution in [3.05, 3.63) is 52.4 Å². The highest BCUT2D eigenvalue weighted by Crippen LogP contribution is 2.31. The van der Waals surface area contributed by atoms with E-state index in [-0.39, 0.29) is 22.3 Å². The average molecular weight is 282 g/mol. The third-order valence-corrected chi connectivity index (χ3v) is 2.80. The first-order valence-corrected chi connectivity index (χ1v) is 5.68. The summed E-state index contributed by atoms with van der Waals surface area (Å²) < 4.78 is 18.4. The van der Waals surface area contributed by atoms with Crippen LogP contribution in [0.5, 0.6) is 11.6 Å². The topological polar surface area (TPSA) is 59.4 Å². The van der Waals surface area contributed by atoms with Gasteiger partial charge in [-0.25, -0.2) is 14.2 Å². The van der Waals surface area contributed by atoms with Crippen molar-refractivity contribution >= 4 is 17.6 Å². The van der Waals surface area contributed by atoms with E-state index in [1.54, 1.807) is 6.92 Å². The van der Waals surface area contributed by atoms with Crippen LogP contribution < -0.4 is 4.74 Å².